The van der Waals surface area contributed by atoms with E-state index in [0.29, 0.717) is 0 Å². The molecule has 0 spiro atoms. The Morgan fingerprint density at radius 1 is 1.58 bits per heavy atom. The van der Waals surface area contributed by atoms with Crippen LogP contribution in [0.4, 0.5) is 0 Å². The molecule has 0 saturated heterocycles. The standard InChI is InChI=1S/C7H12ClNO3/c1-5(10)9-4-3-7(2,8)6(11)12/h3-4H2,1-2H3,(H,9,10)(H,11,12). The number of carbonyl (C=O) groups is 2. The van der Waals surface area contributed by atoms with Crippen LogP contribution in [0.2, 0.25) is 0 Å². The van der Waals surface area contributed by atoms with Crippen LogP contribution in [-0.2, 0) is 9.59 Å². The third kappa shape index (κ3) is 4.18. The van der Waals surface area contributed by atoms with E-state index >= 15 is 0 Å². The molecule has 0 aliphatic carbocycles. The summed E-state index contributed by atoms with van der Waals surface area (Å²) in [5.74, 6) is -1.26. The van der Waals surface area contributed by atoms with Gasteiger partial charge in [0.15, 0.2) is 0 Å². The zero-order valence-electron chi connectivity index (χ0n) is 7.06. The lowest BCUT2D eigenvalue weighted by Crippen LogP contribution is -2.34. The molecule has 1 atom stereocenters. The van der Waals surface area contributed by atoms with Crippen molar-refractivity contribution in [2.45, 2.75) is 25.1 Å². The van der Waals surface area contributed by atoms with Crippen LogP contribution in [0.3, 0.4) is 0 Å². The van der Waals surface area contributed by atoms with E-state index in [-0.39, 0.29) is 18.9 Å². The molecule has 12 heavy (non-hydrogen) atoms. The molecule has 70 valence electrons. The lowest BCUT2D eigenvalue weighted by molar-refractivity contribution is -0.140. The van der Waals surface area contributed by atoms with Crippen LogP contribution in [0.5, 0.6) is 0 Å². The molecule has 0 saturated carbocycles. The zero-order valence-corrected chi connectivity index (χ0v) is 7.81. The van der Waals surface area contributed by atoms with Crippen LogP contribution in [-0.4, -0.2) is 28.4 Å². The molecule has 1 unspecified atom stereocenters. The average Bonchev–Trinajstić information content (AvgIpc) is 1.85. The van der Waals surface area contributed by atoms with Crippen molar-refractivity contribution < 1.29 is 14.7 Å². The Balaban J connectivity index is 3.76. The Bertz CT molecular complexity index is 191. The lowest BCUT2D eigenvalue weighted by Gasteiger charge is -2.15. The maximum atomic E-state index is 10.5. The summed E-state index contributed by atoms with van der Waals surface area (Å²) in [6.45, 7) is 3.05. The van der Waals surface area contributed by atoms with Crippen LogP contribution >= 0.6 is 11.6 Å². The molecule has 4 nitrogen and oxygen atoms in total. The third-order valence-electron chi connectivity index (χ3n) is 1.41. The molecule has 0 bridgehead atoms. The molecule has 0 aromatic carbocycles. The number of hydrogen-bond acceptors (Lipinski definition) is 2. The van der Waals surface area contributed by atoms with E-state index in [0.717, 1.165) is 0 Å². The Labute approximate surface area is 75.9 Å². The summed E-state index contributed by atoms with van der Waals surface area (Å²) >= 11 is 5.60. The van der Waals surface area contributed by atoms with Crippen molar-refractivity contribution in [3.63, 3.8) is 0 Å². The molecule has 0 aromatic rings. The quantitative estimate of drug-likeness (QED) is 0.643. The number of amides is 1. The first-order valence-electron chi connectivity index (χ1n) is 3.53. The molecule has 0 aromatic heterocycles. The molecule has 0 fully saturated rings. The van der Waals surface area contributed by atoms with Crippen molar-refractivity contribution in [3.8, 4) is 0 Å². The van der Waals surface area contributed by atoms with Gasteiger partial charge in [0.2, 0.25) is 5.91 Å². The first-order chi connectivity index (χ1) is 5.36. The predicted octanol–water partition coefficient (Wildman–Crippen LogP) is 0.595. The normalized spacial score (nSPS) is 14.9. The smallest absolute Gasteiger partial charge is 0.324 e. The minimum Gasteiger partial charge on any atom is -0.480 e. The van der Waals surface area contributed by atoms with Crippen molar-refractivity contribution in [1.82, 2.24) is 5.32 Å². The first-order valence-corrected chi connectivity index (χ1v) is 3.91. The molecule has 0 rings (SSSR count). The molecule has 2 N–H and O–H groups in total. The summed E-state index contributed by atoms with van der Waals surface area (Å²) < 4.78 is 0. The van der Waals surface area contributed by atoms with Crippen LogP contribution in [0.25, 0.3) is 0 Å². The van der Waals surface area contributed by atoms with Crippen LogP contribution < -0.4 is 5.32 Å². The van der Waals surface area contributed by atoms with Gasteiger partial charge in [-0.25, -0.2) is 0 Å². The van der Waals surface area contributed by atoms with Gasteiger partial charge in [0, 0.05) is 13.5 Å². The minimum atomic E-state index is -1.29. The molecule has 0 radical (unpaired) electrons. The molecule has 0 aliphatic heterocycles. The van der Waals surface area contributed by atoms with Gasteiger partial charge in [0.05, 0.1) is 0 Å². The van der Waals surface area contributed by atoms with Gasteiger partial charge in [-0.3, -0.25) is 9.59 Å². The van der Waals surface area contributed by atoms with Crippen LogP contribution in [0.1, 0.15) is 20.3 Å². The number of carboxylic acids is 1. The van der Waals surface area contributed by atoms with Gasteiger partial charge in [0.25, 0.3) is 0 Å². The van der Waals surface area contributed by atoms with Gasteiger partial charge in [-0.15, -0.1) is 11.6 Å². The van der Waals surface area contributed by atoms with Crippen molar-refractivity contribution in [3.05, 3.63) is 0 Å². The number of rotatable bonds is 4. The number of alkyl halides is 1. The number of halogens is 1. The van der Waals surface area contributed by atoms with Gasteiger partial charge in [-0.05, 0) is 13.3 Å². The van der Waals surface area contributed by atoms with E-state index in [1.807, 2.05) is 0 Å². The second-order valence-corrected chi connectivity index (χ2v) is 3.57. The van der Waals surface area contributed by atoms with Crippen molar-refractivity contribution >= 4 is 23.5 Å². The van der Waals surface area contributed by atoms with E-state index in [4.69, 9.17) is 16.7 Å². The topological polar surface area (TPSA) is 66.4 Å². The van der Waals surface area contributed by atoms with Gasteiger partial charge < -0.3 is 10.4 Å². The Morgan fingerprint density at radius 2 is 2.08 bits per heavy atom. The second kappa shape index (κ2) is 4.30. The second-order valence-electron chi connectivity index (χ2n) is 2.74. The van der Waals surface area contributed by atoms with Gasteiger partial charge >= 0.3 is 5.97 Å². The highest BCUT2D eigenvalue weighted by atomic mass is 35.5. The van der Waals surface area contributed by atoms with Gasteiger partial charge in [-0.1, -0.05) is 0 Å². The largest absolute Gasteiger partial charge is 0.480 e. The molecular weight excluding hydrogens is 182 g/mol. The number of aliphatic carboxylic acids is 1. The number of carboxylic acid groups (broad SMARTS) is 1. The Kier molecular flexibility index (Phi) is 4.03. The minimum absolute atomic E-state index is 0.187. The van der Waals surface area contributed by atoms with Crippen molar-refractivity contribution in [2.24, 2.45) is 0 Å². The van der Waals surface area contributed by atoms with E-state index in [1.165, 1.54) is 13.8 Å². The maximum absolute atomic E-state index is 10.5. The van der Waals surface area contributed by atoms with Crippen LogP contribution in [0, 0.1) is 0 Å². The van der Waals surface area contributed by atoms with Crippen molar-refractivity contribution in [1.29, 1.82) is 0 Å². The molecule has 0 aliphatic rings. The fourth-order valence-corrected chi connectivity index (χ4v) is 0.675. The van der Waals surface area contributed by atoms with Crippen LogP contribution in [0.15, 0.2) is 0 Å². The zero-order chi connectivity index (χ0) is 9.78. The van der Waals surface area contributed by atoms with Crippen molar-refractivity contribution in [2.75, 3.05) is 6.54 Å². The summed E-state index contributed by atoms with van der Waals surface area (Å²) in [5, 5.41) is 11.0. The summed E-state index contributed by atoms with van der Waals surface area (Å²) in [6.07, 6.45) is 0.212. The maximum Gasteiger partial charge on any atom is 0.324 e. The predicted molar refractivity (Wildman–Crippen MR) is 45.2 cm³/mol. The van der Waals surface area contributed by atoms with Gasteiger partial charge in [-0.2, -0.15) is 0 Å². The van der Waals surface area contributed by atoms with Gasteiger partial charge in [0.1, 0.15) is 4.87 Å². The molecule has 1 amide bonds. The first kappa shape index (κ1) is 11.2. The number of carbonyl (C=O) groups excluding carboxylic acids is 1. The van der Waals surface area contributed by atoms with E-state index < -0.39 is 10.8 Å². The van der Waals surface area contributed by atoms with E-state index in [1.54, 1.807) is 0 Å². The Morgan fingerprint density at radius 3 is 2.42 bits per heavy atom. The number of nitrogens with one attached hydrogen (secondary N) is 1. The monoisotopic (exact) mass is 193 g/mol. The fourth-order valence-electron chi connectivity index (χ4n) is 0.580. The highest BCUT2D eigenvalue weighted by Crippen LogP contribution is 2.18. The third-order valence-corrected chi connectivity index (χ3v) is 1.77. The molecule has 5 heteroatoms. The summed E-state index contributed by atoms with van der Waals surface area (Å²) in [6, 6.07) is 0. The SMILES string of the molecule is CC(=O)NCCC(C)(Cl)C(=O)O. The fraction of sp³-hybridized carbons (Fsp3) is 0.714. The number of hydrogen-bond donors (Lipinski definition) is 2. The summed E-state index contributed by atoms with van der Waals surface area (Å²) in [5.41, 5.74) is 0. The summed E-state index contributed by atoms with van der Waals surface area (Å²) in [4.78, 5) is 19.6. The molecule has 0 heterocycles. The summed E-state index contributed by atoms with van der Waals surface area (Å²) in [7, 11) is 0. The lowest BCUT2D eigenvalue weighted by atomic mass is 10.1. The highest BCUT2D eigenvalue weighted by Gasteiger charge is 2.29. The van der Waals surface area contributed by atoms with E-state index in [9.17, 15) is 9.59 Å². The Hall–Kier alpha value is -0.770. The molecular formula is C7H12ClNO3. The highest BCUT2D eigenvalue weighted by molar-refractivity contribution is 6.33. The average molecular weight is 194 g/mol. The van der Waals surface area contributed by atoms with E-state index in [2.05, 4.69) is 5.32 Å².